The summed E-state index contributed by atoms with van der Waals surface area (Å²) in [6, 6.07) is 17.0. The Morgan fingerprint density at radius 1 is 1.21 bits per heavy atom. The summed E-state index contributed by atoms with van der Waals surface area (Å²) in [5, 5.41) is 9.37. The SMILES string of the molecule is CC(SCCC(=O)N1CC2CC[C@@H](C1)N2c1ccc(C#N)cn1)c1ccccc1. The molecule has 2 aromatic rings. The van der Waals surface area contributed by atoms with E-state index in [1.54, 1.807) is 6.20 Å². The molecule has 4 rings (SSSR count). The van der Waals surface area contributed by atoms with Crippen LogP contribution in [0.1, 0.15) is 42.6 Å². The first-order valence-electron chi connectivity index (χ1n) is 10.2. The monoisotopic (exact) mass is 406 g/mol. The van der Waals surface area contributed by atoms with Gasteiger partial charge in [0, 0.05) is 48.8 Å². The molecule has 2 fully saturated rings. The maximum atomic E-state index is 12.8. The van der Waals surface area contributed by atoms with Crippen LogP contribution in [0.3, 0.4) is 0 Å². The van der Waals surface area contributed by atoms with Crippen LogP contribution >= 0.6 is 11.8 Å². The normalized spacial score (nSPS) is 21.7. The highest BCUT2D eigenvalue weighted by atomic mass is 32.2. The molecule has 1 aromatic heterocycles. The van der Waals surface area contributed by atoms with Crippen molar-refractivity contribution in [2.45, 2.75) is 43.5 Å². The molecule has 5 nitrogen and oxygen atoms in total. The number of nitriles is 1. The number of piperazine rings is 1. The average Bonchev–Trinajstić information content (AvgIpc) is 3.03. The van der Waals surface area contributed by atoms with Crippen molar-refractivity contribution < 1.29 is 4.79 Å². The van der Waals surface area contributed by atoms with Gasteiger partial charge in [0.25, 0.3) is 0 Å². The molecule has 3 heterocycles. The van der Waals surface area contributed by atoms with Crippen LogP contribution in [0.2, 0.25) is 0 Å². The lowest BCUT2D eigenvalue weighted by atomic mass is 10.1. The average molecular weight is 407 g/mol. The number of pyridine rings is 1. The van der Waals surface area contributed by atoms with Crippen LogP contribution in [-0.4, -0.2) is 46.7 Å². The number of amides is 1. The van der Waals surface area contributed by atoms with Crippen molar-refractivity contribution in [1.82, 2.24) is 9.88 Å². The van der Waals surface area contributed by atoms with Gasteiger partial charge in [0.1, 0.15) is 11.9 Å². The lowest BCUT2D eigenvalue weighted by Gasteiger charge is -2.41. The number of aromatic nitrogens is 1. The third-order valence-corrected chi connectivity index (χ3v) is 7.14. The smallest absolute Gasteiger partial charge is 0.223 e. The number of benzene rings is 1. The van der Waals surface area contributed by atoms with Crippen molar-refractivity contribution in [2.75, 3.05) is 23.7 Å². The zero-order chi connectivity index (χ0) is 20.2. The van der Waals surface area contributed by atoms with Crippen LogP contribution in [0.4, 0.5) is 5.82 Å². The fourth-order valence-corrected chi connectivity index (χ4v) is 5.38. The Hall–Kier alpha value is -2.52. The highest BCUT2D eigenvalue weighted by Gasteiger charge is 2.41. The molecule has 2 aliphatic rings. The van der Waals surface area contributed by atoms with Gasteiger partial charge >= 0.3 is 0 Å². The number of hydrogen-bond acceptors (Lipinski definition) is 5. The van der Waals surface area contributed by atoms with Gasteiger partial charge in [-0.3, -0.25) is 4.79 Å². The van der Waals surface area contributed by atoms with Crippen LogP contribution in [0.5, 0.6) is 0 Å². The number of anilines is 1. The molecule has 2 unspecified atom stereocenters. The predicted octanol–water partition coefficient (Wildman–Crippen LogP) is 4.02. The highest BCUT2D eigenvalue weighted by molar-refractivity contribution is 7.99. The maximum absolute atomic E-state index is 12.8. The van der Waals surface area contributed by atoms with Crippen molar-refractivity contribution in [2.24, 2.45) is 0 Å². The first kappa shape index (κ1) is 19.8. The molecule has 6 heteroatoms. The molecule has 0 spiro atoms. The Morgan fingerprint density at radius 2 is 1.93 bits per heavy atom. The van der Waals surface area contributed by atoms with Gasteiger partial charge in [-0.25, -0.2) is 4.98 Å². The summed E-state index contributed by atoms with van der Waals surface area (Å²) in [7, 11) is 0. The maximum Gasteiger partial charge on any atom is 0.223 e. The molecule has 0 aliphatic carbocycles. The summed E-state index contributed by atoms with van der Waals surface area (Å²) >= 11 is 1.85. The van der Waals surface area contributed by atoms with E-state index in [-0.39, 0.29) is 5.91 Å². The number of likely N-dealkylation sites (tertiary alicyclic amines) is 1. The topological polar surface area (TPSA) is 60.2 Å². The lowest BCUT2D eigenvalue weighted by Crippen LogP contribution is -2.55. The molecular formula is C23H26N4OS. The quantitative estimate of drug-likeness (QED) is 0.725. The molecule has 0 saturated carbocycles. The fourth-order valence-electron chi connectivity index (χ4n) is 4.39. The van der Waals surface area contributed by atoms with Gasteiger partial charge in [0.05, 0.1) is 5.56 Å². The second-order valence-electron chi connectivity index (χ2n) is 7.78. The van der Waals surface area contributed by atoms with Gasteiger partial charge in [0.15, 0.2) is 0 Å². The van der Waals surface area contributed by atoms with Crippen LogP contribution in [0.25, 0.3) is 0 Å². The molecule has 2 aliphatic heterocycles. The molecular weight excluding hydrogens is 380 g/mol. The summed E-state index contributed by atoms with van der Waals surface area (Å²) in [5.74, 6) is 2.04. The van der Waals surface area contributed by atoms with E-state index in [0.29, 0.717) is 29.3 Å². The second-order valence-corrected chi connectivity index (χ2v) is 9.23. The minimum Gasteiger partial charge on any atom is -0.347 e. The Balaban J connectivity index is 1.30. The number of hydrogen-bond donors (Lipinski definition) is 0. The van der Waals surface area contributed by atoms with Gasteiger partial charge in [-0.15, -0.1) is 0 Å². The summed E-state index contributed by atoms with van der Waals surface area (Å²) < 4.78 is 0. The van der Waals surface area contributed by atoms with Crippen LogP contribution in [-0.2, 0) is 4.79 Å². The van der Waals surface area contributed by atoms with E-state index in [1.807, 2.05) is 30.0 Å². The summed E-state index contributed by atoms with van der Waals surface area (Å²) in [6.45, 7) is 3.75. The third-order valence-electron chi connectivity index (χ3n) is 5.93. The van der Waals surface area contributed by atoms with Crippen molar-refractivity contribution in [3.05, 3.63) is 59.8 Å². The standard InChI is InChI=1S/C23H26N4OS/c1-17(19-5-3-2-4-6-19)29-12-11-23(28)26-15-20-8-9-21(16-26)27(20)22-10-7-18(13-24)14-25-22/h2-7,10,14,17,20-21H,8-9,11-12,15-16H2,1H3/t17?,20-,21?/m0/s1. The number of rotatable bonds is 6. The Morgan fingerprint density at radius 3 is 2.55 bits per heavy atom. The predicted molar refractivity (Wildman–Crippen MR) is 117 cm³/mol. The molecule has 29 heavy (non-hydrogen) atoms. The van der Waals surface area contributed by atoms with Gasteiger partial charge in [-0.2, -0.15) is 17.0 Å². The third kappa shape index (κ3) is 4.40. The molecule has 150 valence electrons. The van der Waals surface area contributed by atoms with Crippen molar-refractivity contribution in [3.8, 4) is 6.07 Å². The van der Waals surface area contributed by atoms with Crippen molar-refractivity contribution in [1.29, 1.82) is 5.26 Å². The highest BCUT2D eigenvalue weighted by Crippen LogP contribution is 2.34. The van der Waals surface area contributed by atoms with E-state index in [1.165, 1.54) is 5.56 Å². The zero-order valence-corrected chi connectivity index (χ0v) is 17.5. The van der Waals surface area contributed by atoms with Crippen molar-refractivity contribution in [3.63, 3.8) is 0 Å². The van der Waals surface area contributed by atoms with Gasteiger partial charge in [-0.05, 0) is 37.5 Å². The largest absolute Gasteiger partial charge is 0.347 e. The molecule has 1 amide bonds. The first-order chi connectivity index (χ1) is 14.2. The van der Waals surface area contributed by atoms with E-state index in [2.05, 4.69) is 52.0 Å². The van der Waals surface area contributed by atoms with Crippen molar-refractivity contribution >= 4 is 23.5 Å². The zero-order valence-electron chi connectivity index (χ0n) is 16.7. The van der Waals surface area contributed by atoms with Crippen LogP contribution in [0.15, 0.2) is 48.7 Å². The van der Waals surface area contributed by atoms with E-state index < -0.39 is 0 Å². The Bertz CT molecular complexity index is 866. The molecule has 0 N–H and O–H groups in total. The second kappa shape index (κ2) is 8.87. The fraction of sp³-hybridized carbons (Fsp3) is 0.435. The molecule has 2 bridgehead atoms. The Kier molecular flexibility index (Phi) is 6.05. The minimum atomic E-state index is 0.266. The van der Waals surface area contributed by atoms with E-state index in [0.717, 1.165) is 37.5 Å². The summed E-state index contributed by atoms with van der Waals surface area (Å²) in [4.78, 5) is 21.7. The molecule has 1 aromatic carbocycles. The number of fused-ring (bicyclic) bond motifs is 2. The number of carbonyl (C=O) groups excluding carboxylic acids is 1. The molecule has 3 atom stereocenters. The van der Waals surface area contributed by atoms with Crippen LogP contribution in [0, 0.1) is 11.3 Å². The molecule has 2 saturated heterocycles. The Labute approximate surface area is 176 Å². The summed E-state index contributed by atoms with van der Waals surface area (Å²) in [5.41, 5.74) is 1.89. The van der Waals surface area contributed by atoms with Gasteiger partial charge < -0.3 is 9.80 Å². The number of thioether (sulfide) groups is 1. The first-order valence-corrected chi connectivity index (χ1v) is 11.3. The number of carbonyl (C=O) groups is 1. The van der Waals surface area contributed by atoms with Gasteiger partial charge in [0.2, 0.25) is 5.91 Å². The van der Waals surface area contributed by atoms with Crippen LogP contribution < -0.4 is 4.90 Å². The summed E-state index contributed by atoms with van der Waals surface area (Å²) in [6.07, 6.45) is 4.42. The minimum absolute atomic E-state index is 0.266. The van der Waals surface area contributed by atoms with E-state index in [4.69, 9.17) is 5.26 Å². The molecule has 0 radical (unpaired) electrons. The van der Waals surface area contributed by atoms with Gasteiger partial charge in [-0.1, -0.05) is 30.3 Å². The van der Waals surface area contributed by atoms with E-state index in [9.17, 15) is 4.79 Å². The number of nitrogens with zero attached hydrogens (tertiary/aromatic N) is 4. The van der Waals surface area contributed by atoms with E-state index >= 15 is 0 Å². The lowest BCUT2D eigenvalue weighted by molar-refractivity contribution is -0.131.